The summed E-state index contributed by atoms with van der Waals surface area (Å²) in [6.45, 7) is 9.74. The van der Waals surface area contributed by atoms with Crippen LogP contribution in [0.1, 0.15) is 62.4 Å². The number of hydrogen-bond donors (Lipinski definition) is 3. The van der Waals surface area contributed by atoms with Crippen molar-refractivity contribution in [1.29, 1.82) is 5.26 Å². The molecule has 3 aromatic rings. The molecule has 3 aromatic heterocycles. The topological polar surface area (TPSA) is 115 Å². The van der Waals surface area contributed by atoms with Gasteiger partial charge in [0, 0.05) is 56.2 Å². The molecule has 34 heavy (non-hydrogen) atoms. The average Bonchev–Trinajstić information content (AvgIpc) is 3.29. The lowest BCUT2D eigenvalue weighted by Gasteiger charge is -2.36. The summed E-state index contributed by atoms with van der Waals surface area (Å²) in [5.41, 5.74) is 4.16. The van der Waals surface area contributed by atoms with Crippen molar-refractivity contribution in [3.05, 3.63) is 41.6 Å². The first kappa shape index (κ1) is 22.6. The standard InChI is InChI=1S/C25H32N8O/c1-15-13-33(14-16(2)30-15)22-12-27-11-21(32-22)17(3)31-24-19(8-26)9-28-25-23(24)20(10-29-25)18-4-6-34-7-5-18/h9-12,15-18,30H,4-7,13-14H2,1-3H3,(H2,28,29,31)/t15-,16+,17-/m0/s1. The number of nitrogens with one attached hydrogen (secondary N) is 3. The number of H-pyrrole nitrogens is 1. The largest absolute Gasteiger partial charge is 0.381 e. The van der Waals surface area contributed by atoms with Gasteiger partial charge in [-0.15, -0.1) is 0 Å². The summed E-state index contributed by atoms with van der Waals surface area (Å²) in [5.74, 6) is 1.27. The average molecular weight is 461 g/mol. The zero-order valence-electron chi connectivity index (χ0n) is 20.0. The molecule has 0 aromatic carbocycles. The Labute approximate surface area is 200 Å². The van der Waals surface area contributed by atoms with Crippen molar-refractivity contribution in [2.75, 3.05) is 36.5 Å². The van der Waals surface area contributed by atoms with Gasteiger partial charge in [0.1, 0.15) is 17.5 Å². The van der Waals surface area contributed by atoms with Gasteiger partial charge in [0.05, 0.1) is 35.4 Å². The summed E-state index contributed by atoms with van der Waals surface area (Å²) >= 11 is 0. The quantitative estimate of drug-likeness (QED) is 0.530. The van der Waals surface area contributed by atoms with Gasteiger partial charge < -0.3 is 25.3 Å². The van der Waals surface area contributed by atoms with Crippen LogP contribution in [0.15, 0.2) is 24.8 Å². The Morgan fingerprint density at radius 2 is 1.94 bits per heavy atom. The highest BCUT2D eigenvalue weighted by Crippen LogP contribution is 2.38. The van der Waals surface area contributed by atoms with Gasteiger partial charge in [0.2, 0.25) is 0 Å². The monoisotopic (exact) mass is 460 g/mol. The van der Waals surface area contributed by atoms with Crippen LogP contribution in [0.25, 0.3) is 11.0 Å². The minimum Gasteiger partial charge on any atom is -0.381 e. The molecule has 0 radical (unpaired) electrons. The second-order valence-electron chi connectivity index (χ2n) is 9.55. The number of rotatable bonds is 5. The van der Waals surface area contributed by atoms with Crippen molar-refractivity contribution in [3.63, 3.8) is 0 Å². The van der Waals surface area contributed by atoms with E-state index in [9.17, 15) is 5.26 Å². The van der Waals surface area contributed by atoms with Crippen LogP contribution in [-0.2, 0) is 4.74 Å². The van der Waals surface area contributed by atoms with E-state index in [0.29, 0.717) is 23.6 Å². The molecule has 3 atom stereocenters. The molecule has 178 valence electrons. The summed E-state index contributed by atoms with van der Waals surface area (Å²) in [7, 11) is 0. The van der Waals surface area contributed by atoms with Crippen LogP contribution >= 0.6 is 0 Å². The molecule has 0 aliphatic carbocycles. The number of fused-ring (bicyclic) bond motifs is 1. The van der Waals surface area contributed by atoms with E-state index >= 15 is 0 Å². The molecular formula is C25H32N8O. The van der Waals surface area contributed by atoms with Gasteiger partial charge in [0.15, 0.2) is 0 Å². The Morgan fingerprint density at radius 1 is 1.18 bits per heavy atom. The Hall–Kier alpha value is -3.22. The highest BCUT2D eigenvalue weighted by Gasteiger charge is 2.25. The van der Waals surface area contributed by atoms with E-state index in [1.807, 2.05) is 12.4 Å². The Morgan fingerprint density at radius 3 is 2.68 bits per heavy atom. The van der Waals surface area contributed by atoms with Crippen LogP contribution in [0, 0.1) is 11.3 Å². The van der Waals surface area contributed by atoms with E-state index in [1.54, 1.807) is 12.4 Å². The SMILES string of the molecule is C[C@@H]1CN(c2cncc([C@H](C)Nc3c(C#N)cnc4[nH]cc(C5CCOCC5)c34)n2)C[C@H](C)N1. The smallest absolute Gasteiger partial charge is 0.147 e. The van der Waals surface area contributed by atoms with E-state index in [1.165, 1.54) is 5.56 Å². The summed E-state index contributed by atoms with van der Waals surface area (Å²) in [6.07, 6.45) is 9.24. The van der Waals surface area contributed by atoms with Gasteiger partial charge in [-0.25, -0.2) is 9.97 Å². The first-order valence-electron chi connectivity index (χ1n) is 12.1. The zero-order valence-corrected chi connectivity index (χ0v) is 20.0. The first-order valence-corrected chi connectivity index (χ1v) is 12.1. The van der Waals surface area contributed by atoms with Crippen LogP contribution in [0.5, 0.6) is 0 Å². The third kappa shape index (κ3) is 4.43. The van der Waals surface area contributed by atoms with Gasteiger partial charge in [0.25, 0.3) is 0 Å². The molecule has 0 bridgehead atoms. The summed E-state index contributed by atoms with van der Waals surface area (Å²) in [5, 5.41) is 18.0. The van der Waals surface area contributed by atoms with Gasteiger partial charge in [-0.05, 0) is 45.1 Å². The molecule has 5 rings (SSSR count). The van der Waals surface area contributed by atoms with Crippen LogP contribution in [0.4, 0.5) is 11.5 Å². The molecule has 2 saturated heterocycles. The number of aromatic amines is 1. The normalized spacial score (nSPS) is 22.5. The molecule has 2 aliphatic rings. The number of hydrogen-bond acceptors (Lipinski definition) is 8. The maximum Gasteiger partial charge on any atom is 0.147 e. The lowest BCUT2D eigenvalue weighted by molar-refractivity contribution is 0.0856. The van der Waals surface area contributed by atoms with Gasteiger partial charge in [-0.1, -0.05) is 0 Å². The Bertz CT molecular complexity index is 1190. The highest BCUT2D eigenvalue weighted by atomic mass is 16.5. The fourth-order valence-electron chi connectivity index (χ4n) is 5.22. The van der Waals surface area contributed by atoms with Crippen molar-refractivity contribution in [2.24, 2.45) is 0 Å². The summed E-state index contributed by atoms with van der Waals surface area (Å²) in [6, 6.07) is 2.97. The molecule has 0 saturated carbocycles. The minimum atomic E-state index is -0.139. The van der Waals surface area contributed by atoms with Crippen LogP contribution in [-0.4, -0.2) is 58.3 Å². The fraction of sp³-hybridized carbons (Fsp3) is 0.520. The number of nitrogens with zero attached hydrogens (tertiary/aromatic N) is 5. The van der Waals surface area contributed by atoms with E-state index in [4.69, 9.17) is 9.72 Å². The molecule has 0 unspecified atom stereocenters. The molecular weight excluding hydrogens is 428 g/mol. The number of ether oxygens (including phenoxy) is 1. The maximum atomic E-state index is 9.86. The number of piperazine rings is 1. The number of nitriles is 1. The molecule has 9 nitrogen and oxygen atoms in total. The lowest BCUT2D eigenvalue weighted by atomic mass is 9.91. The molecule has 0 amide bonds. The van der Waals surface area contributed by atoms with Crippen molar-refractivity contribution in [1.82, 2.24) is 25.3 Å². The molecule has 0 spiro atoms. The second kappa shape index (κ2) is 9.57. The number of anilines is 2. The third-order valence-corrected chi connectivity index (χ3v) is 6.84. The van der Waals surface area contributed by atoms with Crippen molar-refractivity contribution in [2.45, 2.75) is 57.7 Å². The highest BCUT2D eigenvalue weighted by molar-refractivity contribution is 5.95. The molecule has 2 aliphatic heterocycles. The van der Waals surface area contributed by atoms with E-state index < -0.39 is 0 Å². The predicted octanol–water partition coefficient (Wildman–Crippen LogP) is 3.48. The van der Waals surface area contributed by atoms with E-state index in [0.717, 1.165) is 67.4 Å². The fourth-order valence-corrected chi connectivity index (χ4v) is 5.22. The molecule has 9 heteroatoms. The Kier molecular flexibility index (Phi) is 6.35. The lowest BCUT2D eigenvalue weighted by Crippen LogP contribution is -2.54. The van der Waals surface area contributed by atoms with Crippen LogP contribution < -0.4 is 15.5 Å². The maximum absolute atomic E-state index is 9.86. The summed E-state index contributed by atoms with van der Waals surface area (Å²) in [4.78, 5) is 19.5. The number of pyridine rings is 1. The van der Waals surface area contributed by atoms with Crippen LogP contribution in [0.2, 0.25) is 0 Å². The van der Waals surface area contributed by atoms with Crippen molar-refractivity contribution in [3.8, 4) is 6.07 Å². The van der Waals surface area contributed by atoms with E-state index in [2.05, 4.69) is 57.3 Å². The molecule has 5 heterocycles. The second-order valence-corrected chi connectivity index (χ2v) is 9.55. The van der Waals surface area contributed by atoms with Gasteiger partial charge >= 0.3 is 0 Å². The van der Waals surface area contributed by atoms with Gasteiger partial charge in [-0.3, -0.25) is 4.98 Å². The molecule has 3 N–H and O–H groups in total. The zero-order chi connectivity index (χ0) is 23.7. The third-order valence-electron chi connectivity index (χ3n) is 6.84. The van der Waals surface area contributed by atoms with Crippen LogP contribution in [0.3, 0.4) is 0 Å². The first-order chi connectivity index (χ1) is 16.5. The summed E-state index contributed by atoms with van der Waals surface area (Å²) < 4.78 is 5.56. The van der Waals surface area contributed by atoms with E-state index in [-0.39, 0.29) is 6.04 Å². The van der Waals surface area contributed by atoms with Crippen molar-refractivity contribution >= 4 is 22.5 Å². The predicted molar refractivity (Wildman–Crippen MR) is 132 cm³/mol. The van der Waals surface area contributed by atoms with Crippen molar-refractivity contribution < 1.29 is 4.74 Å². The minimum absolute atomic E-state index is 0.139. The number of aromatic nitrogens is 4. The molecule has 2 fully saturated rings. The van der Waals surface area contributed by atoms with Gasteiger partial charge in [-0.2, -0.15) is 5.26 Å². The Balaban J connectivity index is 1.46.